The molecule has 1 N–H and O–H groups in total. The monoisotopic (exact) mass is 188 g/mol. The summed E-state index contributed by atoms with van der Waals surface area (Å²) in [7, 11) is 0. The van der Waals surface area contributed by atoms with Gasteiger partial charge >= 0.3 is 17.9 Å². The minimum Gasteiger partial charge on any atom is -0.478 e. The smallest absolute Gasteiger partial charge is 0.333 e. The average Bonchev–Trinajstić information content (AvgIpc) is 2.00. The first kappa shape index (κ1) is 11.2. The lowest BCUT2D eigenvalue weighted by atomic mass is 10.5. The van der Waals surface area contributed by atoms with Gasteiger partial charge in [-0.1, -0.05) is 0 Å². The minimum atomic E-state index is -1.26. The molecule has 0 radical (unpaired) electrons. The van der Waals surface area contributed by atoms with Gasteiger partial charge in [-0.15, -0.1) is 0 Å². The van der Waals surface area contributed by atoms with Gasteiger partial charge in [-0.2, -0.15) is 0 Å². The number of hydrogen-bond acceptors (Lipinski definition) is 5. The zero-order chi connectivity index (χ0) is 10.3. The van der Waals surface area contributed by atoms with Crippen molar-refractivity contribution in [3.8, 4) is 0 Å². The number of carbonyl (C=O) groups excluding carboxylic acids is 2. The van der Waals surface area contributed by atoms with Gasteiger partial charge in [0.25, 0.3) is 0 Å². The molecule has 0 aliphatic carbocycles. The molecule has 6 heteroatoms. The van der Waals surface area contributed by atoms with E-state index in [0.717, 1.165) is 6.92 Å². The van der Waals surface area contributed by atoms with Crippen molar-refractivity contribution in [1.29, 1.82) is 0 Å². The fourth-order valence-electron chi connectivity index (χ4n) is 0.358. The summed E-state index contributed by atoms with van der Waals surface area (Å²) in [5.74, 6) is -2.73. The Morgan fingerprint density at radius 1 is 1.23 bits per heavy atom. The number of carbonyl (C=O) groups is 3. The van der Waals surface area contributed by atoms with Gasteiger partial charge in [-0.3, -0.25) is 4.79 Å². The molecule has 0 unspecified atom stereocenters. The Hall–Kier alpha value is -1.85. The molecule has 0 spiro atoms. The predicted molar refractivity (Wildman–Crippen MR) is 39.5 cm³/mol. The molecule has 0 amide bonds. The molecule has 0 heterocycles. The second-order valence-corrected chi connectivity index (χ2v) is 1.89. The highest BCUT2D eigenvalue weighted by Gasteiger charge is 1.98. The zero-order valence-electron chi connectivity index (χ0n) is 6.85. The van der Waals surface area contributed by atoms with Gasteiger partial charge in [0.05, 0.1) is 0 Å². The number of carboxylic acid groups (broad SMARTS) is 1. The molecular formula is C7H8O6. The van der Waals surface area contributed by atoms with Gasteiger partial charge in [0.15, 0.2) is 0 Å². The Labute approximate surface area is 73.7 Å². The molecule has 0 saturated heterocycles. The third-order valence-corrected chi connectivity index (χ3v) is 0.825. The van der Waals surface area contributed by atoms with E-state index >= 15 is 0 Å². The summed E-state index contributed by atoms with van der Waals surface area (Å²) in [6.07, 6.45) is 1.34. The van der Waals surface area contributed by atoms with Crippen molar-refractivity contribution in [3.05, 3.63) is 12.2 Å². The first-order chi connectivity index (χ1) is 6.02. The number of aliphatic carboxylic acids is 1. The Kier molecular flexibility index (Phi) is 4.94. The molecule has 0 aromatic carbocycles. The van der Waals surface area contributed by atoms with Crippen LogP contribution in [0.3, 0.4) is 0 Å². The van der Waals surface area contributed by atoms with E-state index in [1.807, 2.05) is 0 Å². The van der Waals surface area contributed by atoms with Crippen LogP contribution in [0.15, 0.2) is 12.2 Å². The number of esters is 2. The van der Waals surface area contributed by atoms with Gasteiger partial charge in [0.2, 0.25) is 6.79 Å². The van der Waals surface area contributed by atoms with Crippen LogP contribution in [0.5, 0.6) is 0 Å². The zero-order valence-corrected chi connectivity index (χ0v) is 6.85. The largest absolute Gasteiger partial charge is 0.478 e. The maximum Gasteiger partial charge on any atom is 0.333 e. The minimum absolute atomic E-state index is 0.516. The number of hydrogen-bond donors (Lipinski definition) is 1. The summed E-state index contributed by atoms with van der Waals surface area (Å²) in [6, 6.07) is 0. The van der Waals surface area contributed by atoms with Crippen LogP contribution in [0.2, 0.25) is 0 Å². The maximum atomic E-state index is 10.6. The molecule has 72 valence electrons. The quantitative estimate of drug-likeness (QED) is 0.369. The van der Waals surface area contributed by atoms with Crippen LogP contribution in [-0.4, -0.2) is 29.8 Å². The molecule has 6 nitrogen and oxygen atoms in total. The second-order valence-electron chi connectivity index (χ2n) is 1.89. The maximum absolute atomic E-state index is 10.6. The van der Waals surface area contributed by atoms with Crippen molar-refractivity contribution in [2.24, 2.45) is 0 Å². The molecule has 0 atom stereocenters. The standard InChI is InChI=1S/C7H8O6/c1-5(8)12-4-13-7(11)3-2-6(9)10/h2-3H,4H2,1H3,(H,9,10)/b3-2+. The molecule has 0 saturated carbocycles. The van der Waals surface area contributed by atoms with Crippen molar-refractivity contribution < 1.29 is 29.0 Å². The third kappa shape index (κ3) is 8.05. The van der Waals surface area contributed by atoms with E-state index in [9.17, 15) is 14.4 Å². The van der Waals surface area contributed by atoms with Crippen LogP contribution in [0.25, 0.3) is 0 Å². The lowest BCUT2D eigenvalue weighted by molar-refractivity contribution is -0.162. The highest BCUT2D eigenvalue weighted by molar-refractivity contribution is 5.90. The molecule has 0 aliphatic rings. The van der Waals surface area contributed by atoms with E-state index in [-0.39, 0.29) is 0 Å². The highest BCUT2D eigenvalue weighted by atomic mass is 16.7. The third-order valence-electron chi connectivity index (χ3n) is 0.825. The average molecular weight is 188 g/mol. The molecule has 13 heavy (non-hydrogen) atoms. The van der Waals surface area contributed by atoms with Crippen molar-refractivity contribution in [2.75, 3.05) is 6.79 Å². The highest BCUT2D eigenvalue weighted by Crippen LogP contribution is 1.84. The van der Waals surface area contributed by atoms with E-state index in [1.165, 1.54) is 0 Å². The van der Waals surface area contributed by atoms with Gasteiger partial charge in [-0.25, -0.2) is 9.59 Å². The van der Waals surface area contributed by atoms with E-state index in [2.05, 4.69) is 9.47 Å². The molecular weight excluding hydrogens is 180 g/mol. The van der Waals surface area contributed by atoms with E-state index in [0.29, 0.717) is 12.2 Å². The lowest BCUT2D eigenvalue weighted by Crippen LogP contribution is -2.08. The van der Waals surface area contributed by atoms with Crippen molar-refractivity contribution in [1.82, 2.24) is 0 Å². The summed E-state index contributed by atoms with van der Waals surface area (Å²) in [5, 5.41) is 8.10. The molecule has 0 bridgehead atoms. The Balaban J connectivity index is 3.64. The van der Waals surface area contributed by atoms with Crippen LogP contribution >= 0.6 is 0 Å². The van der Waals surface area contributed by atoms with Crippen LogP contribution in [0.4, 0.5) is 0 Å². The van der Waals surface area contributed by atoms with E-state index in [4.69, 9.17) is 5.11 Å². The lowest BCUT2D eigenvalue weighted by Gasteiger charge is -2.00. The summed E-state index contributed by atoms with van der Waals surface area (Å²) in [5.41, 5.74) is 0. The topological polar surface area (TPSA) is 89.9 Å². The molecule has 0 fully saturated rings. The van der Waals surface area contributed by atoms with Gasteiger partial charge in [-0.05, 0) is 0 Å². The summed E-state index contributed by atoms with van der Waals surface area (Å²) in [4.78, 5) is 30.6. The second kappa shape index (κ2) is 5.76. The number of ether oxygens (including phenoxy) is 2. The predicted octanol–water partition coefficient (Wildman–Crippen LogP) is -0.309. The number of carboxylic acids is 1. The Bertz CT molecular complexity index is 241. The summed E-state index contributed by atoms with van der Waals surface area (Å²) < 4.78 is 8.53. The first-order valence-corrected chi connectivity index (χ1v) is 3.23. The molecule has 0 aromatic heterocycles. The van der Waals surface area contributed by atoms with Crippen LogP contribution in [-0.2, 0) is 23.9 Å². The SMILES string of the molecule is CC(=O)OCOC(=O)/C=C/C(=O)O. The van der Waals surface area contributed by atoms with Crippen LogP contribution < -0.4 is 0 Å². The van der Waals surface area contributed by atoms with Gasteiger partial charge in [0.1, 0.15) is 0 Å². The van der Waals surface area contributed by atoms with E-state index in [1.54, 1.807) is 0 Å². The van der Waals surface area contributed by atoms with Crippen molar-refractivity contribution in [3.63, 3.8) is 0 Å². The van der Waals surface area contributed by atoms with Gasteiger partial charge in [0, 0.05) is 19.1 Å². The van der Waals surface area contributed by atoms with Crippen molar-refractivity contribution >= 4 is 17.9 Å². The fraction of sp³-hybridized carbons (Fsp3) is 0.286. The number of rotatable bonds is 4. The molecule has 0 rings (SSSR count). The normalized spacial score (nSPS) is 9.62. The Morgan fingerprint density at radius 2 is 1.85 bits per heavy atom. The van der Waals surface area contributed by atoms with Gasteiger partial charge < -0.3 is 14.6 Å². The van der Waals surface area contributed by atoms with Crippen molar-refractivity contribution in [2.45, 2.75) is 6.92 Å². The Morgan fingerprint density at radius 3 is 2.31 bits per heavy atom. The first-order valence-electron chi connectivity index (χ1n) is 3.23. The fourth-order valence-corrected chi connectivity index (χ4v) is 0.358. The summed E-state index contributed by atoms with van der Waals surface area (Å²) >= 11 is 0. The summed E-state index contributed by atoms with van der Waals surface area (Å²) in [6.45, 7) is 0.638. The van der Waals surface area contributed by atoms with E-state index < -0.39 is 24.7 Å². The van der Waals surface area contributed by atoms with Crippen LogP contribution in [0, 0.1) is 0 Å². The molecule has 0 aromatic rings. The molecule has 0 aliphatic heterocycles. The van der Waals surface area contributed by atoms with Crippen LogP contribution in [0.1, 0.15) is 6.92 Å².